The van der Waals surface area contributed by atoms with Gasteiger partial charge in [0.25, 0.3) is 0 Å². The predicted molar refractivity (Wildman–Crippen MR) is 90.7 cm³/mol. The quantitative estimate of drug-likeness (QED) is 0.459. The van der Waals surface area contributed by atoms with Gasteiger partial charge in [0.1, 0.15) is 5.82 Å². The maximum Gasteiger partial charge on any atom is 0.190 e. The van der Waals surface area contributed by atoms with E-state index in [4.69, 9.17) is 4.74 Å². The molecule has 0 radical (unpaired) electrons. The van der Waals surface area contributed by atoms with Crippen molar-refractivity contribution in [3.8, 4) is 0 Å². The number of hydrogen-bond acceptors (Lipinski definition) is 2. The number of ether oxygens (including phenoxy) is 1. The molecule has 1 heterocycles. The molecule has 122 valence electrons. The average Bonchev–Trinajstić information content (AvgIpc) is 2.46. The van der Waals surface area contributed by atoms with Crippen molar-refractivity contribution < 1.29 is 9.13 Å². The van der Waals surface area contributed by atoms with Crippen molar-refractivity contribution in [2.75, 3.05) is 33.4 Å². The van der Waals surface area contributed by atoms with Gasteiger partial charge in [-0.25, -0.2) is 4.39 Å². The van der Waals surface area contributed by atoms with Crippen LogP contribution in [-0.2, 0) is 11.2 Å². The van der Waals surface area contributed by atoms with Crippen LogP contribution >= 0.6 is 15.9 Å². The minimum Gasteiger partial charge on any atom is -0.380 e. The maximum atomic E-state index is 13.7. The van der Waals surface area contributed by atoms with Gasteiger partial charge in [-0.2, -0.15) is 0 Å². The van der Waals surface area contributed by atoms with Crippen LogP contribution in [0.3, 0.4) is 0 Å². The SMILES string of the molecule is CN=C(NCCCc1ccc(Br)cc1F)NCC1(C)COC1. The van der Waals surface area contributed by atoms with Crippen molar-refractivity contribution in [3.05, 3.63) is 34.1 Å². The molecule has 0 atom stereocenters. The lowest BCUT2D eigenvalue weighted by Gasteiger charge is -2.38. The van der Waals surface area contributed by atoms with Crippen molar-refractivity contribution >= 4 is 21.9 Å². The molecule has 0 spiro atoms. The molecule has 0 saturated carbocycles. The standard InChI is InChI=1S/C16H23BrFN3O/c1-16(10-22-11-16)9-21-15(19-2)20-7-3-4-12-5-6-13(17)8-14(12)18/h5-6,8H,3-4,7,9-11H2,1-2H3,(H2,19,20,21). The topological polar surface area (TPSA) is 45.7 Å². The van der Waals surface area contributed by atoms with Crippen LogP contribution in [0.2, 0.25) is 0 Å². The molecule has 2 N–H and O–H groups in total. The number of aliphatic imine (C=N–C) groups is 1. The molecule has 0 bridgehead atoms. The Morgan fingerprint density at radius 1 is 1.41 bits per heavy atom. The highest BCUT2D eigenvalue weighted by atomic mass is 79.9. The van der Waals surface area contributed by atoms with E-state index in [2.05, 4.69) is 38.5 Å². The zero-order valence-electron chi connectivity index (χ0n) is 13.1. The number of halogens is 2. The molecule has 0 aromatic heterocycles. The lowest BCUT2D eigenvalue weighted by atomic mass is 9.89. The Bertz CT molecular complexity index is 532. The summed E-state index contributed by atoms with van der Waals surface area (Å²) in [6.45, 7) is 5.36. The van der Waals surface area contributed by atoms with E-state index in [-0.39, 0.29) is 11.2 Å². The number of aryl methyl sites for hydroxylation is 1. The van der Waals surface area contributed by atoms with Gasteiger partial charge >= 0.3 is 0 Å². The second kappa shape index (κ2) is 7.92. The maximum absolute atomic E-state index is 13.7. The number of rotatable bonds is 6. The molecule has 1 aliphatic heterocycles. The van der Waals surface area contributed by atoms with Gasteiger partial charge in [-0.15, -0.1) is 0 Å². The van der Waals surface area contributed by atoms with Crippen LogP contribution < -0.4 is 10.6 Å². The van der Waals surface area contributed by atoms with E-state index in [0.717, 1.165) is 48.7 Å². The normalized spacial score (nSPS) is 17.0. The van der Waals surface area contributed by atoms with Gasteiger partial charge in [0.05, 0.1) is 13.2 Å². The van der Waals surface area contributed by atoms with E-state index >= 15 is 0 Å². The minimum atomic E-state index is -0.158. The Labute approximate surface area is 139 Å². The van der Waals surface area contributed by atoms with E-state index in [1.807, 2.05) is 12.1 Å². The molecule has 1 saturated heterocycles. The Morgan fingerprint density at radius 3 is 2.77 bits per heavy atom. The average molecular weight is 372 g/mol. The van der Waals surface area contributed by atoms with E-state index in [0.29, 0.717) is 6.42 Å². The van der Waals surface area contributed by atoms with Gasteiger partial charge in [-0.05, 0) is 30.5 Å². The molecule has 4 nitrogen and oxygen atoms in total. The van der Waals surface area contributed by atoms with Crippen LogP contribution in [0.5, 0.6) is 0 Å². The molecule has 2 rings (SSSR count). The summed E-state index contributed by atoms with van der Waals surface area (Å²) in [5, 5.41) is 6.57. The number of nitrogens with zero attached hydrogens (tertiary/aromatic N) is 1. The third kappa shape index (κ3) is 4.95. The van der Waals surface area contributed by atoms with Gasteiger partial charge in [0, 0.05) is 30.0 Å². The summed E-state index contributed by atoms with van der Waals surface area (Å²) in [5.74, 6) is 0.624. The first-order valence-corrected chi connectivity index (χ1v) is 8.28. The monoisotopic (exact) mass is 371 g/mol. The van der Waals surface area contributed by atoms with Crippen LogP contribution in [-0.4, -0.2) is 39.3 Å². The molecule has 6 heteroatoms. The van der Waals surface area contributed by atoms with Crippen LogP contribution in [0.1, 0.15) is 18.9 Å². The van der Waals surface area contributed by atoms with Gasteiger partial charge in [-0.1, -0.05) is 28.9 Å². The summed E-state index contributed by atoms with van der Waals surface area (Å²) < 4.78 is 19.7. The first-order valence-electron chi connectivity index (χ1n) is 7.49. The highest BCUT2D eigenvalue weighted by molar-refractivity contribution is 9.10. The first kappa shape index (κ1) is 17.2. The fourth-order valence-corrected chi connectivity index (χ4v) is 2.61. The molecule has 1 aromatic rings. The van der Waals surface area contributed by atoms with Crippen LogP contribution in [0.4, 0.5) is 4.39 Å². The number of guanidine groups is 1. The Hall–Kier alpha value is -1.14. The molecule has 1 aromatic carbocycles. The molecular weight excluding hydrogens is 349 g/mol. The van der Waals surface area contributed by atoms with Crippen molar-refractivity contribution in [1.82, 2.24) is 10.6 Å². The number of nitrogens with one attached hydrogen (secondary N) is 2. The Balaban J connectivity index is 1.68. The Morgan fingerprint density at radius 2 is 2.18 bits per heavy atom. The summed E-state index contributed by atoms with van der Waals surface area (Å²) in [7, 11) is 1.75. The van der Waals surface area contributed by atoms with E-state index in [1.165, 1.54) is 6.07 Å². The zero-order valence-corrected chi connectivity index (χ0v) is 14.7. The molecule has 1 aliphatic rings. The van der Waals surface area contributed by atoms with E-state index in [9.17, 15) is 4.39 Å². The minimum absolute atomic E-state index is 0.158. The fraction of sp³-hybridized carbons (Fsp3) is 0.562. The van der Waals surface area contributed by atoms with Crippen LogP contribution in [0.25, 0.3) is 0 Å². The second-order valence-electron chi connectivity index (χ2n) is 6.00. The summed E-state index contributed by atoms with van der Waals surface area (Å²) in [6.07, 6.45) is 1.55. The first-order chi connectivity index (χ1) is 10.5. The third-order valence-corrected chi connectivity index (χ3v) is 4.23. The molecular formula is C16H23BrFN3O. The smallest absolute Gasteiger partial charge is 0.190 e. The second-order valence-corrected chi connectivity index (χ2v) is 6.91. The van der Waals surface area contributed by atoms with Gasteiger partial charge < -0.3 is 15.4 Å². The summed E-state index contributed by atoms with van der Waals surface area (Å²) in [5.41, 5.74) is 0.949. The van der Waals surface area contributed by atoms with Crippen molar-refractivity contribution in [1.29, 1.82) is 0 Å². The highest BCUT2D eigenvalue weighted by Gasteiger charge is 2.33. The third-order valence-electron chi connectivity index (χ3n) is 3.74. The molecule has 0 amide bonds. The fourth-order valence-electron chi connectivity index (χ4n) is 2.28. The van der Waals surface area contributed by atoms with Crippen LogP contribution in [0.15, 0.2) is 27.7 Å². The summed E-state index contributed by atoms with van der Waals surface area (Å²) in [4.78, 5) is 4.20. The number of hydrogen-bond donors (Lipinski definition) is 2. The van der Waals surface area contributed by atoms with Gasteiger partial charge in [0.15, 0.2) is 5.96 Å². The van der Waals surface area contributed by atoms with Crippen LogP contribution in [0, 0.1) is 11.2 Å². The van der Waals surface area contributed by atoms with Crippen molar-refractivity contribution in [2.45, 2.75) is 19.8 Å². The lowest BCUT2D eigenvalue weighted by Crippen LogP contribution is -2.51. The lowest BCUT2D eigenvalue weighted by molar-refractivity contribution is -0.0971. The van der Waals surface area contributed by atoms with E-state index in [1.54, 1.807) is 7.05 Å². The van der Waals surface area contributed by atoms with E-state index < -0.39 is 0 Å². The van der Waals surface area contributed by atoms with Gasteiger partial charge in [-0.3, -0.25) is 4.99 Å². The zero-order chi connectivity index (χ0) is 16.0. The van der Waals surface area contributed by atoms with Crippen molar-refractivity contribution in [3.63, 3.8) is 0 Å². The van der Waals surface area contributed by atoms with Gasteiger partial charge in [0.2, 0.25) is 0 Å². The molecule has 0 aliphatic carbocycles. The predicted octanol–water partition coefficient (Wildman–Crippen LogP) is 2.72. The van der Waals surface area contributed by atoms with Crippen molar-refractivity contribution in [2.24, 2.45) is 10.4 Å². The number of benzene rings is 1. The summed E-state index contributed by atoms with van der Waals surface area (Å²) >= 11 is 3.27. The molecule has 22 heavy (non-hydrogen) atoms. The molecule has 1 fully saturated rings. The largest absolute Gasteiger partial charge is 0.380 e. The summed E-state index contributed by atoms with van der Waals surface area (Å²) in [6, 6.07) is 5.20. The molecule has 0 unspecified atom stereocenters. The Kier molecular flexibility index (Phi) is 6.20. The highest BCUT2D eigenvalue weighted by Crippen LogP contribution is 2.24.